The molecular formula is C30H36ClF3N6O7. The summed E-state index contributed by atoms with van der Waals surface area (Å²) in [6, 6.07) is 9.39. The second-order valence-electron chi connectivity index (χ2n) is 11.8. The molecule has 0 saturated carbocycles. The number of hydrazine groups is 1. The van der Waals surface area contributed by atoms with E-state index >= 15 is 0 Å². The lowest BCUT2D eigenvalue weighted by atomic mass is 9.91. The van der Waals surface area contributed by atoms with Crippen LogP contribution in [0.25, 0.3) is 5.69 Å². The van der Waals surface area contributed by atoms with Crippen LogP contribution in [0.1, 0.15) is 63.0 Å². The van der Waals surface area contributed by atoms with E-state index < -0.39 is 66.0 Å². The van der Waals surface area contributed by atoms with Crippen LogP contribution in [0.3, 0.4) is 0 Å². The minimum absolute atomic E-state index is 0.0175. The van der Waals surface area contributed by atoms with E-state index in [9.17, 15) is 18.0 Å². The number of halogens is 4. The molecule has 0 spiro atoms. The van der Waals surface area contributed by atoms with E-state index in [1.807, 2.05) is 30.3 Å². The van der Waals surface area contributed by atoms with Gasteiger partial charge in [0.25, 0.3) is 0 Å². The van der Waals surface area contributed by atoms with Crippen molar-refractivity contribution in [3.8, 4) is 5.69 Å². The largest absolute Gasteiger partial charge is 0.443 e. The Morgan fingerprint density at radius 3 is 2.57 bits per heavy atom. The summed E-state index contributed by atoms with van der Waals surface area (Å²) in [5.74, 6) is 0.186. The fourth-order valence-corrected chi connectivity index (χ4v) is 5.40. The number of hydrogen-bond acceptors (Lipinski definition) is 11. The zero-order valence-electron chi connectivity index (χ0n) is 26.3. The Morgan fingerprint density at radius 1 is 1.17 bits per heavy atom. The highest BCUT2D eigenvalue weighted by molar-refractivity contribution is 6.30. The van der Waals surface area contributed by atoms with Gasteiger partial charge in [0.05, 0.1) is 23.4 Å². The molecule has 4 heterocycles. The molecular weight excluding hydrogens is 649 g/mol. The van der Waals surface area contributed by atoms with Gasteiger partial charge in [-0.05, 0) is 26.8 Å². The molecule has 2 aliphatic rings. The average Bonchev–Trinajstić information content (AvgIpc) is 3.45. The molecule has 2 saturated heterocycles. The van der Waals surface area contributed by atoms with E-state index in [1.165, 1.54) is 7.11 Å². The molecule has 3 aromatic rings. The number of ether oxygens (including phenoxy) is 6. The lowest BCUT2D eigenvalue weighted by Crippen LogP contribution is -2.67. The first-order valence-corrected chi connectivity index (χ1v) is 15.2. The zero-order valence-corrected chi connectivity index (χ0v) is 27.0. The predicted molar refractivity (Wildman–Crippen MR) is 159 cm³/mol. The summed E-state index contributed by atoms with van der Waals surface area (Å²) in [4.78, 5) is 20.9. The highest BCUT2D eigenvalue weighted by atomic mass is 35.5. The number of aromatic nitrogens is 4. The number of amides is 1. The smallest absolute Gasteiger partial charge is 0.435 e. The molecule has 2 fully saturated rings. The zero-order chi connectivity index (χ0) is 33.9. The number of fused-ring (bicyclic) bond motifs is 1. The van der Waals surface area contributed by atoms with Crippen LogP contribution in [-0.2, 0) is 41.0 Å². The standard InChI is InChI=1S/C30H36ClF3N6O7/c1-6-20-36-26(40(39-20)18-12-17(31)13-35-25(18)30(32,33)34)24-23(44-15-42-5)21(37-38-28(41)47-29(2,3)4)22-19(45-24)14-43-27(46-22)16-10-8-7-9-11-16/h7-13,19,21-24,27,37H,6,14-15H2,1-5H3,(H,38,41)/t19?,21?,22-,23?,24+,27?/m0/s1. The summed E-state index contributed by atoms with van der Waals surface area (Å²) in [5.41, 5.74) is 3.76. The number of carbonyl (C=O) groups is 1. The normalized spacial score (nSPS) is 24.9. The Bertz CT molecular complexity index is 1520. The molecule has 0 radical (unpaired) electrons. The van der Waals surface area contributed by atoms with Crippen molar-refractivity contribution in [2.24, 2.45) is 0 Å². The Morgan fingerprint density at radius 2 is 1.91 bits per heavy atom. The van der Waals surface area contributed by atoms with Gasteiger partial charge in [-0.15, -0.1) is 0 Å². The number of hydrogen-bond donors (Lipinski definition) is 2. The fourth-order valence-electron chi connectivity index (χ4n) is 5.25. The fraction of sp³-hybridized carbons (Fsp3) is 0.533. The van der Waals surface area contributed by atoms with E-state index in [0.717, 1.165) is 22.5 Å². The molecule has 1 aromatic carbocycles. The van der Waals surface area contributed by atoms with Crippen LogP contribution in [0, 0.1) is 0 Å². The molecule has 1 amide bonds. The molecule has 2 N–H and O–H groups in total. The Balaban J connectivity index is 1.59. The number of alkyl halides is 3. The molecule has 256 valence electrons. The van der Waals surface area contributed by atoms with Crippen molar-refractivity contribution in [1.82, 2.24) is 30.6 Å². The molecule has 13 nitrogen and oxygen atoms in total. The van der Waals surface area contributed by atoms with Gasteiger partial charge in [0.15, 0.2) is 23.6 Å². The summed E-state index contributed by atoms with van der Waals surface area (Å²) in [6.45, 7) is 6.64. The Labute approximate surface area is 273 Å². The second-order valence-corrected chi connectivity index (χ2v) is 12.2. The van der Waals surface area contributed by atoms with Crippen molar-refractivity contribution in [2.45, 2.75) is 82.6 Å². The number of carbonyl (C=O) groups excluding carboxylic acids is 1. The minimum Gasteiger partial charge on any atom is -0.443 e. The van der Waals surface area contributed by atoms with Crippen LogP contribution < -0.4 is 10.9 Å². The molecule has 0 aliphatic carbocycles. The number of benzene rings is 1. The number of rotatable bonds is 9. The van der Waals surface area contributed by atoms with Crippen molar-refractivity contribution in [3.63, 3.8) is 0 Å². The highest BCUT2D eigenvalue weighted by Crippen LogP contribution is 2.41. The van der Waals surface area contributed by atoms with E-state index in [1.54, 1.807) is 27.7 Å². The summed E-state index contributed by atoms with van der Waals surface area (Å²) in [5, 5.41) is 4.32. The highest BCUT2D eigenvalue weighted by Gasteiger charge is 2.53. The first kappa shape index (κ1) is 34.9. The van der Waals surface area contributed by atoms with Gasteiger partial charge in [0, 0.05) is 25.3 Å². The van der Waals surface area contributed by atoms with Gasteiger partial charge in [-0.3, -0.25) is 5.43 Å². The quantitative estimate of drug-likeness (QED) is 0.236. The van der Waals surface area contributed by atoms with Crippen molar-refractivity contribution < 1.29 is 46.4 Å². The summed E-state index contributed by atoms with van der Waals surface area (Å²) in [7, 11) is 1.41. The molecule has 2 aliphatic heterocycles. The second kappa shape index (κ2) is 14.4. The molecule has 0 bridgehead atoms. The lowest BCUT2D eigenvalue weighted by molar-refractivity contribution is -0.320. The number of aryl methyl sites for hydroxylation is 1. The van der Waals surface area contributed by atoms with Gasteiger partial charge in [0.1, 0.15) is 36.8 Å². The number of nitrogens with one attached hydrogen (secondary N) is 2. The third-order valence-electron chi connectivity index (χ3n) is 7.15. The molecule has 47 heavy (non-hydrogen) atoms. The molecule has 5 rings (SSSR count). The van der Waals surface area contributed by atoms with Gasteiger partial charge in [-0.25, -0.2) is 24.9 Å². The minimum atomic E-state index is -4.85. The number of nitrogens with zero attached hydrogens (tertiary/aromatic N) is 4. The molecule has 17 heteroatoms. The van der Waals surface area contributed by atoms with E-state index in [0.29, 0.717) is 0 Å². The maximum absolute atomic E-state index is 14.2. The maximum atomic E-state index is 14.2. The maximum Gasteiger partial charge on any atom is 0.435 e. The SMILES string of the molecule is CCc1nc([C@@H]2OC3COC(c4ccccc4)O[C@@H]3C(NNC(=O)OC(C)(C)C)C2OCOC)n(-c2cc(Cl)cnc2C(F)(F)F)n1. The van der Waals surface area contributed by atoms with Gasteiger partial charge in [-0.1, -0.05) is 48.9 Å². The van der Waals surface area contributed by atoms with E-state index in [2.05, 4.69) is 25.9 Å². The monoisotopic (exact) mass is 684 g/mol. The van der Waals surface area contributed by atoms with Gasteiger partial charge < -0.3 is 28.4 Å². The van der Waals surface area contributed by atoms with Gasteiger partial charge in [0.2, 0.25) is 0 Å². The van der Waals surface area contributed by atoms with Crippen molar-refractivity contribution in [3.05, 3.63) is 70.5 Å². The molecule has 4 unspecified atom stereocenters. The average molecular weight is 685 g/mol. The molecule has 2 aromatic heterocycles. The first-order valence-electron chi connectivity index (χ1n) is 14.8. The number of methoxy groups -OCH3 is 1. The summed E-state index contributed by atoms with van der Waals surface area (Å²) in [6.07, 6.45) is -9.16. The van der Waals surface area contributed by atoms with Crippen LogP contribution in [0.15, 0.2) is 42.6 Å². The van der Waals surface area contributed by atoms with E-state index in [-0.39, 0.29) is 36.5 Å². The van der Waals surface area contributed by atoms with Crippen LogP contribution in [0.5, 0.6) is 0 Å². The third kappa shape index (κ3) is 8.20. The van der Waals surface area contributed by atoms with Gasteiger partial charge >= 0.3 is 12.3 Å². The Hall–Kier alpha value is -3.38. The summed E-state index contributed by atoms with van der Waals surface area (Å²) >= 11 is 6.13. The lowest BCUT2D eigenvalue weighted by Gasteiger charge is -2.49. The third-order valence-corrected chi connectivity index (χ3v) is 7.36. The van der Waals surface area contributed by atoms with Crippen LogP contribution >= 0.6 is 11.6 Å². The van der Waals surface area contributed by atoms with Crippen molar-refractivity contribution in [2.75, 3.05) is 20.5 Å². The topological polar surface area (TPSA) is 140 Å². The van der Waals surface area contributed by atoms with Gasteiger partial charge in [-0.2, -0.15) is 18.3 Å². The van der Waals surface area contributed by atoms with Crippen LogP contribution in [0.2, 0.25) is 5.02 Å². The van der Waals surface area contributed by atoms with Crippen LogP contribution in [-0.4, -0.2) is 76.3 Å². The van der Waals surface area contributed by atoms with Crippen molar-refractivity contribution in [1.29, 1.82) is 0 Å². The van der Waals surface area contributed by atoms with Crippen molar-refractivity contribution >= 4 is 17.7 Å². The van der Waals surface area contributed by atoms with Crippen LogP contribution in [0.4, 0.5) is 18.0 Å². The van der Waals surface area contributed by atoms with E-state index in [4.69, 9.17) is 40.0 Å². The first-order chi connectivity index (χ1) is 22.3. The Kier molecular flexibility index (Phi) is 10.7. The molecule has 6 atom stereocenters. The predicted octanol–water partition coefficient (Wildman–Crippen LogP) is 4.84. The summed E-state index contributed by atoms with van der Waals surface area (Å²) < 4.78 is 79.2. The number of pyridine rings is 1.